The van der Waals surface area contributed by atoms with Crippen LogP contribution in [0.1, 0.15) is 35.6 Å². The van der Waals surface area contributed by atoms with Crippen molar-refractivity contribution in [2.75, 3.05) is 13.2 Å². The van der Waals surface area contributed by atoms with Gasteiger partial charge in [-0.15, -0.1) is 0 Å². The number of benzene rings is 3. The Hall–Kier alpha value is -3.34. The molecule has 4 N–H and O–H groups in total. The SMILES string of the molecule is O=C1[C@H](CCCc2ccc(F)cc2)[C@@H](c2ccc(OC[C@@H]3O[C@H](CO)[C@@H](O)[C@H](O)[C@H]3O)cc2)N1Cc1ccccc1. The maximum absolute atomic E-state index is 13.3. The van der Waals surface area contributed by atoms with E-state index in [1.165, 1.54) is 12.1 Å². The molecule has 2 aliphatic rings. The molecule has 2 fully saturated rings. The summed E-state index contributed by atoms with van der Waals surface area (Å²) in [4.78, 5) is 15.2. The zero-order valence-corrected chi connectivity index (χ0v) is 22.6. The van der Waals surface area contributed by atoms with E-state index in [1.807, 2.05) is 47.4 Å². The third-order valence-electron chi connectivity index (χ3n) is 8.03. The summed E-state index contributed by atoms with van der Waals surface area (Å²) < 4.78 is 24.6. The number of halogens is 1. The van der Waals surface area contributed by atoms with Gasteiger partial charge in [0.15, 0.2) is 0 Å². The summed E-state index contributed by atoms with van der Waals surface area (Å²) >= 11 is 0. The first-order valence-corrected chi connectivity index (χ1v) is 14.0. The number of amides is 1. The van der Waals surface area contributed by atoms with Crippen LogP contribution in [0.2, 0.25) is 0 Å². The van der Waals surface area contributed by atoms with E-state index in [4.69, 9.17) is 9.47 Å². The van der Waals surface area contributed by atoms with Crippen molar-refractivity contribution in [1.82, 2.24) is 4.90 Å². The first-order valence-electron chi connectivity index (χ1n) is 14.0. The number of hydrogen-bond acceptors (Lipinski definition) is 7. The van der Waals surface area contributed by atoms with Crippen molar-refractivity contribution >= 4 is 5.91 Å². The third-order valence-corrected chi connectivity index (χ3v) is 8.03. The van der Waals surface area contributed by atoms with E-state index in [0.29, 0.717) is 18.7 Å². The minimum atomic E-state index is -1.45. The molecule has 9 heteroatoms. The summed E-state index contributed by atoms with van der Waals surface area (Å²) in [6, 6.07) is 23.6. The van der Waals surface area contributed by atoms with Crippen LogP contribution >= 0.6 is 0 Å². The molecule has 0 bridgehead atoms. The van der Waals surface area contributed by atoms with E-state index < -0.39 is 37.1 Å². The van der Waals surface area contributed by atoms with Crippen molar-refractivity contribution in [1.29, 1.82) is 0 Å². The fourth-order valence-electron chi connectivity index (χ4n) is 5.70. The lowest BCUT2D eigenvalue weighted by atomic mass is 9.78. The van der Waals surface area contributed by atoms with Crippen LogP contribution in [0.4, 0.5) is 4.39 Å². The molecular weight excluding hydrogens is 529 g/mol. The molecule has 0 unspecified atom stereocenters. The predicted octanol–water partition coefficient (Wildman–Crippen LogP) is 2.77. The highest BCUT2D eigenvalue weighted by Crippen LogP contribution is 2.44. The maximum Gasteiger partial charge on any atom is 0.228 e. The van der Waals surface area contributed by atoms with Crippen LogP contribution < -0.4 is 4.74 Å². The highest BCUT2D eigenvalue weighted by molar-refractivity contribution is 5.86. The minimum absolute atomic E-state index is 0.0884. The summed E-state index contributed by atoms with van der Waals surface area (Å²) in [6.45, 7) is -0.0796. The Labute approximate surface area is 238 Å². The van der Waals surface area contributed by atoms with Gasteiger partial charge in [-0.2, -0.15) is 0 Å². The molecule has 0 spiro atoms. The Balaban J connectivity index is 1.24. The van der Waals surface area contributed by atoms with Crippen molar-refractivity contribution < 1.29 is 39.1 Å². The number of likely N-dealkylation sites (tertiary alicyclic amines) is 1. The molecule has 8 nitrogen and oxygen atoms in total. The first-order chi connectivity index (χ1) is 19.9. The highest BCUT2D eigenvalue weighted by atomic mass is 19.1. The molecule has 2 aliphatic heterocycles. The minimum Gasteiger partial charge on any atom is -0.491 e. The van der Waals surface area contributed by atoms with Gasteiger partial charge in [-0.25, -0.2) is 4.39 Å². The molecule has 7 atom stereocenters. The summed E-state index contributed by atoms with van der Waals surface area (Å²) in [5, 5.41) is 39.6. The maximum atomic E-state index is 13.3. The van der Waals surface area contributed by atoms with E-state index in [0.717, 1.165) is 29.5 Å². The average molecular weight is 566 g/mol. The zero-order valence-electron chi connectivity index (χ0n) is 22.6. The molecule has 5 rings (SSSR count). The lowest BCUT2D eigenvalue weighted by Gasteiger charge is -2.48. The molecule has 218 valence electrons. The number of β-lactam (4-membered cyclic amide) rings is 1. The van der Waals surface area contributed by atoms with Gasteiger partial charge in [-0.3, -0.25) is 4.79 Å². The number of aryl methyl sites for hydroxylation is 1. The molecule has 3 aromatic rings. The monoisotopic (exact) mass is 565 g/mol. The summed E-state index contributed by atoms with van der Waals surface area (Å²) in [6.07, 6.45) is -3.88. The van der Waals surface area contributed by atoms with Gasteiger partial charge in [0, 0.05) is 6.54 Å². The Morgan fingerprint density at radius 1 is 0.829 bits per heavy atom. The molecule has 0 aliphatic carbocycles. The molecule has 0 radical (unpaired) electrons. The smallest absolute Gasteiger partial charge is 0.228 e. The largest absolute Gasteiger partial charge is 0.491 e. The summed E-state index contributed by atoms with van der Waals surface area (Å²) in [7, 11) is 0. The van der Waals surface area contributed by atoms with Crippen LogP contribution in [0.5, 0.6) is 5.75 Å². The Bertz CT molecular complexity index is 1270. The zero-order chi connectivity index (χ0) is 28.9. The number of hydrogen-bond donors (Lipinski definition) is 4. The molecular formula is C32H36FNO7. The number of ether oxygens (including phenoxy) is 2. The average Bonchev–Trinajstić information content (AvgIpc) is 3.00. The van der Waals surface area contributed by atoms with Crippen LogP contribution in [0.25, 0.3) is 0 Å². The van der Waals surface area contributed by atoms with Crippen LogP contribution in [-0.4, -0.2) is 75.0 Å². The molecule has 1 amide bonds. The van der Waals surface area contributed by atoms with Crippen molar-refractivity contribution in [2.24, 2.45) is 5.92 Å². The lowest BCUT2D eigenvalue weighted by Crippen LogP contribution is -2.59. The van der Waals surface area contributed by atoms with Gasteiger partial charge in [0.1, 0.15) is 48.7 Å². The summed E-state index contributed by atoms with van der Waals surface area (Å²) in [5.74, 6) is 0.194. The van der Waals surface area contributed by atoms with E-state index in [-0.39, 0.29) is 30.3 Å². The van der Waals surface area contributed by atoms with Gasteiger partial charge in [-0.05, 0) is 60.2 Å². The predicted molar refractivity (Wildman–Crippen MR) is 148 cm³/mol. The Morgan fingerprint density at radius 2 is 1.51 bits per heavy atom. The van der Waals surface area contributed by atoms with Gasteiger partial charge >= 0.3 is 0 Å². The van der Waals surface area contributed by atoms with Gasteiger partial charge in [-0.1, -0.05) is 54.6 Å². The molecule has 0 aromatic heterocycles. The van der Waals surface area contributed by atoms with Gasteiger partial charge in [0.2, 0.25) is 5.91 Å². The lowest BCUT2D eigenvalue weighted by molar-refractivity contribution is -0.234. The summed E-state index contributed by atoms with van der Waals surface area (Å²) in [5.41, 5.74) is 3.07. The van der Waals surface area contributed by atoms with Crippen molar-refractivity contribution in [2.45, 2.75) is 62.4 Å². The number of carbonyl (C=O) groups is 1. The van der Waals surface area contributed by atoms with Gasteiger partial charge in [0.25, 0.3) is 0 Å². The van der Waals surface area contributed by atoms with Crippen LogP contribution in [0, 0.1) is 11.7 Å². The van der Waals surface area contributed by atoms with Crippen molar-refractivity contribution in [3.8, 4) is 5.75 Å². The van der Waals surface area contributed by atoms with Crippen molar-refractivity contribution in [3.05, 3.63) is 101 Å². The molecule has 0 saturated carbocycles. The van der Waals surface area contributed by atoms with Crippen LogP contribution in [0.3, 0.4) is 0 Å². The first kappa shape index (κ1) is 29.2. The van der Waals surface area contributed by atoms with E-state index in [1.54, 1.807) is 24.3 Å². The fourth-order valence-corrected chi connectivity index (χ4v) is 5.70. The molecule has 3 aromatic carbocycles. The standard InChI is InChI=1S/C32H36FNO7/c33-23-13-9-20(10-14-23)7-4-8-25-28(34(32(25)39)17-21-5-2-1-3-6-21)22-11-15-24(16-12-22)40-19-27-30(37)31(38)29(36)26(18-35)41-27/h1-3,5-6,9-16,25-31,35-38H,4,7-8,17-19H2/t25-,26-,27+,28-,29-,30+,31+/m1/s1. The Morgan fingerprint density at radius 3 is 2.20 bits per heavy atom. The highest BCUT2D eigenvalue weighted by Gasteiger charge is 2.47. The van der Waals surface area contributed by atoms with Gasteiger partial charge < -0.3 is 34.8 Å². The second-order valence-electron chi connectivity index (χ2n) is 10.8. The van der Waals surface area contributed by atoms with Crippen molar-refractivity contribution in [3.63, 3.8) is 0 Å². The van der Waals surface area contributed by atoms with Gasteiger partial charge in [0.05, 0.1) is 18.6 Å². The number of aliphatic hydroxyl groups is 4. The quantitative estimate of drug-likeness (QED) is 0.264. The second kappa shape index (κ2) is 13.1. The van der Waals surface area contributed by atoms with Crippen LogP contribution in [0.15, 0.2) is 78.9 Å². The molecule has 2 heterocycles. The Kier molecular flexibility index (Phi) is 9.32. The second-order valence-corrected chi connectivity index (χ2v) is 10.8. The number of nitrogens with zero attached hydrogens (tertiary/aromatic N) is 1. The third kappa shape index (κ3) is 6.60. The molecule has 2 saturated heterocycles. The molecule has 41 heavy (non-hydrogen) atoms. The number of carbonyl (C=O) groups excluding carboxylic acids is 1. The van der Waals surface area contributed by atoms with E-state index in [2.05, 4.69) is 0 Å². The van der Waals surface area contributed by atoms with E-state index >= 15 is 0 Å². The number of rotatable bonds is 11. The van der Waals surface area contributed by atoms with E-state index in [9.17, 15) is 29.6 Å². The van der Waals surface area contributed by atoms with Crippen LogP contribution in [-0.2, 0) is 22.5 Å². The normalized spacial score (nSPS) is 27.9. The number of aliphatic hydroxyl groups excluding tert-OH is 4. The topological polar surface area (TPSA) is 120 Å². The fraction of sp³-hybridized carbons (Fsp3) is 0.406.